The molecule has 10 heteroatoms. The first-order chi connectivity index (χ1) is 15.2. The number of nitrogens with zero attached hydrogens (tertiary/aromatic N) is 4. The van der Waals surface area contributed by atoms with Crippen molar-refractivity contribution >= 4 is 11.5 Å². The number of alkyl halides is 3. The summed E-state index contributed by atoms with van der Waals surface area (Å²) < 4.78 is 46.3. The number of halogens is 3. The van der Waals surface area contributed by atoms with Crippen molar-refractivity contribution in [2.75, 3.05) is 12.4 Å². The SMILES string of the molecule is COc1ccc(-c2nnc(NC(C)c3cccc(O)c3)n3cncc23)c(CC(F)(F)F)c1. The van der Waals surface area contributed by atoms with E-state index in [0.29, 0.717) is 22.8 Å². The van der Waals surface area contributed by atoms with Crippen LogP contribution in [0.3, 0.4) is 0 Å². The quantitative estimate of drug-likeness (QED) is 0.446. The second kappa shape index (κ2) is 8.37. The first-order valence-corrected chi connectivity index (χ1v) is 9.73. The van der Waals surface area contributed by atoms with Crippen molar-refractivity contribution in [1.29, 1.82) is 0 Å². The van der Waals surface area contributed by atoms with E-state index in [0.717, 1.165) is 5.56 Å². The second-order valence-electron chi connectivity index (χ2n) is 7.30. The molecule has 2 N–H and O–H groups in total. The highest BCUT2D eigenvalue weighted by atomic mass is 19.4. The van der Waals surface area contributed by atoms with Gasteiger partial charge in [0.15, 0.2) is 0 Å². The Balaban J connectivity index is 1.75. The molecule has 0 saturated carbocycles. The Kier molecular flexibility index (Phi) is 5.60. The molecule has 0 aliphatic heterocycles. The predicted molar refractivity (Wildman–Crippen MR) is 113 cm³/mol. The molecule has 0 aliphatic carbocycles. The molecule has 4 aromatic rings. The van der Waals surface area contributed by atoms with Crippen LogP contribution >= 0.6 is 0 Å². The van der Waals surface area contributed by atoms with Gasteiger partial charge in [0, 0.05) is 5.56 Å². The summed E-state index contributed by atoms with van der Waals surface area (Å²) >= 11 is 0. The molecule has 7 nitrogen and oxygen atoms in total. The molecule has 0 aliphatic rings. The normalized spacial score (nSPS) is 12.7. The molecule has 0 spiro atoms. The second-order valence-corrected chi connectivity index (χ2v) is 7.30. The third-order valence-corrected chi connectivity index (χ3v) is 5.03. The lowest BCUT2D eigenvalue weighted by Gasteiger charge is -2.17. The molecule has 0 saturated heterocycles. The van der Waals surface area contributed by atoms with Crippen LogP contribution in [0.4, 0.5) is 19.1 Å². The van der Waals surface area contributed by atoms with Crippen LogP contribution < -0.4 is 10.1 Å². The highest BCUT2D eigenvalue weighted by Crippen LogP contribution is 2.34. The topological polar surface area (TPSA) is 84.6 Å². The summed E-state index contributed by atoms with van der Waals surface area (Å²) in [6, 6.07) is 11.0. The van der Waals surface area contributed by atoms with E-state index >= 15 is 0 Å². The Morgan fingerprint density at radius 3 is 2.69 bits per heavy atom. The summed E-state index contributed by atoms with van der Waals surface area (Å²) in [7, 11) is 1.40. The highest BCUT2D eigenvalue weighted by Gasteiger charge is 2.30. The van der Waals surface area contributed by atoms with E-state index in [9.17, 15) is 18.3 Å². The molecular weight excluding hydrogens is 423 g/mol. The minimum Gasteiger partial charge on any atom is -0.508 e. The number of hydrogen-bond acceptors (Lipinski definition) is 6. The van der Waals surface area contributed by atoms with E-state index in [2.05, 4.69) is 20.5 Å². The zero-order valence-electron chi connectivity index (χ0n) is 17.3. The monoisotopic (exact) mass is 443 g/mol. The molecule has 1 unspecified atom stereocenters. The smallest absolute Gasteiger partial charge is 0.393 e. The molecule has 32 heavy (non-hydrogen) atoms. The van der Waals surface area contributed by atoms with Crippen LogP contribution in [0.1, 0.15) is 24.1 Å². The summed E-state index contributed by atoms with van der Waals surface area (Å²) in [4.78, 5) is 4.14. The Bertz CT molecular complexity index is 1260. The molecule has 0 radical (unpaired) electrons. The van der Waals surface area contributed by atoms with Crippen molar-refractivity contribution in [3.05, 3.63) is 66.1 Å². The molecule has 0 bridgehead atoms. The minimum atomic E-state index is -4.40. The maximum Gasteiger partial charge on any atom is 0.393 e. The van der Waals surface area contributed by atoms with Gasteiger partial charge in [0.1, 0.15) is 23.5 Å². The van der Waals surface area contributed by atoms with Gasteiger partial charge < -0.3 is 15.2 Å². The number of imidazole rings is 1. The third-order valence-electron chi connectivity index (χ3n) is 5.03. The Morgan fingerprint density at radius 2 is 1.97 bits per heavy atom. The van der Waals surface area contributed by atoms with Crippen molar-refractivity contribution in [1.82, 2.24) is 19.6 Å². The van der Waals surface area contributed by atoms with Gasteiger partial charge in [-0.25, -0.2) is 4.98 Å². The summed E-state index contributed by atoms with van der Waals surface area (Å²) in [5, 5.41) is 21.4. The summed E-state index contributed by atoms with van der Waals surface area (Å²) in [6.07, 6.45) is -2.49. The number of anilines is 1. The maximum atomic E-state index is 13.2. The fraction of sp³-hybridized carbons (Fsp3) is 0.227. The van der Waals surface area contributed by atoms with Gasteiger partial charge >= 0.3 is 6.18 Å². The van der Waals surface area contributed by atoms with Gasteiger partial charge in [0.05, 0.1) is 31.3 Å². The number of rotatable bonds is 6. The maximum absolute atomic E-state index is 13.2. The standard InChI is InChI=1S/C22H20F3N5O2/c1-13(14-4-3-5-16(31)8-14)27-21-29-28-20(19-11-26-12-30(19)21)18-7-6-17(32-2)9-15(18)10-22(23,24)25/h3-9,11-13,31H,10H2,1-2H3,(H,27,29). The Morgan fingerprint density at radius 1 is 1.16 bits per heavy atom. The summed E-state index contributed by atoms with van der Waals surface area (Å²) in [5.41, 5.74) is 1.93. The largest absolute Gasteiger partial charge is 0.508 e. The molecule has 0 fully saturated rings. The average molecular weight is 443 g/mol. The van der Waals surface area contributed by atoms with E-state index in [-0.39, 0.29) is 23.0 Å². The van der Waals surface area contributed by atoms with Crippen molar-refractivity contribution in [3.8, 4) is 22.8 Å². The van der Waals surface area contributed by atoms with Gasteiger partial charge in [0.25, 0.3) is 0 Å². The number of phenols is 1. The lowest BCUT2D eigenvalue weighted by Crippen LogP contribution is -2.14. The van der Waals surface area contributed by atoms with Gasteiger partial charge in [-0.15, -0.1) is 10.2 Å². The molecule has 2 heterocycles. The Hall–Kier alpha value is -3.82. The van der Waals surface area contributed by atoms with Crippen LogP contribution in [0.5, 0.6) is 11.5 Å². The molecule has 4 rings (SSSR count). The van der Waals surface area contributed by atoms with Crippen molar-refractivity contribution in [2.45, 2.75) is 25.6 Å². The molecule has 0 amide bonds. The molecule has 166 valence electrons. The zero-order valence-corrected chi connectivity index (χ0v) is 17.3. The summed E-state index contributed by atoms with van der Waals surface area (Å²) in [6.45, 7) is 1.89. The molecule has 1 atom stereocenters. The number of methoxy groups -OCH3 is 1. The zero-order chi connectivity index (χ0) is 22.9. The van der Waals surface area contributed by atoms with Crippen molar-refractivity contribution in [3.63, 3.8) is 0 Å². The van der Waals surface area contributed by atoms with Gasteiger partial charge in [-0.2, -0.15) is 13.2 Å². The first-order valence-electron chi connectivity index (χ1n) is 9.73. The molecular formula is C22H20F3N5O2. The lowest BCUT2D eigenvalue weighted by atomic mass is 10.0. The van der Waals surface area contributed by atoms with Crippen LogP contribution in [-0.4, -0.2) is 38.0 Å². The lowest BCUT2D eigenvalue weighted by molar-refractivity contribution is -0.127. The van der Waals surface area contributed by atoms with Crippen molar-refractivity contribution < 1.29 is 23.0 Å². The number of aromatic nitrogens is 4. The van der Waals surface area contributed by atoms with Crippen LogP contribution in [0.15, 0.2) is 55.0 Å². The van der Waals surface area contributed by atoms with Gasteiger partial charge in [-0.05, 0) is 48.4 Å². The first kappa shape index (κ1) is 21.4. The fourth-order valence-electron chi connectivity index (χ4n) is 3.49. The van der Waals surface area contributed by atoms with Crippen LogP contribution in [-0.2, 0) is 6.42 Å². The number of aromatic hydroxyl groups is 1. The highest BCUT2D eigenvalue weighted by molar-refractivity contribution is 5.79. The van der Waals surface area contributed by atoms with Crippen LogP contribution in [0, 0.1) is 0 Å². The Labute approximate surface area is 181 Å². The third kappa shape index (κ3) is 4.43. The van der Waals surface area contributed by atoms with E-state index in [4.69, 9.17) is 4.74 Å². The van der Waals surface area contributed by atoms with E-state index < -0.39 is 12.6 Å². The molecule has 2 aromatic carbocycles. The number of fused-ring (bicyclic) bond motifs is 1. The van der Waals surface area contributed by atoms with E-state index in [1.165, 1.54) is 25.7 Å². The minimum absolute atomic E-state index is 0.0306. The number of hydrogen-bond donors (Lipinski definition) is 2. The number of nitrogens with one attached hydrogen (secondary N) is 1. The van der Waals surface area contributed by atoms with Gasteiger partial charge in [-0.1, -0.05) is 12.1 Å². The molecule has 2 aromatic heterocycles. The van der Waals surface area contributed by atoms with E-state index in [1.54, 1.807) is 34.7 Å². The summed E-state index contributed by atoms with van der Waals surface area (Å²) in [5.74, 6) is 0.828. The number of benzene rings is 2. The number of ether oxygens (including phenoxy) is 1. The fourth-order valence-corrected chi connectivity index (χ4v) is 3.49. The number of phenolic OH excluding ortho intramolecular Hbond substituents is 1. The predicted octanol–water partition coefficient (Wildman–Crippen LogP) is 4.78. The van der Waals surface area contributed by atoms with Crippen LogP contribution in [0.2, 0.25) is 0 Å². The van der Waals surface area contributed by atoms with Crippen molar-refractivity contribution in [2.24, 2.45) is 0 Å². The van der Waals surface area contributed by atoms with E-state index in [1.807, 2.05) is 13.0 Å². The van der Waals surface area contributed by atoms with Crippen LogP contribution in [0.25, 0.3) is 16.8 Å². The van der Waals surface area contributed by atoms with Gasteiger partial charge in [0.2, 0.25) is 5.95 Å². The average Bonchev–Trinajstić information content (AvgIpc) is 3.23. The van der Waals surface area contributed by atoms with Gasteiger partial charge in [-0.3, -0.25) is 4.40 Å².